The average molecular weight is 289 g/mol. The highest BCUT2D eigenvalue weighted by Crippen LogP contribution is 2.36. The predicted octanol–water partition coefficient (Wildman–Crippen LogP) is 2.52. The predicted molar refractivity (Wildman–Crippen MR) is 85.2 cm³/mol. The monoisotopic (exact) mass is 289 g/mol. The van der Waals surface area contributed by atoms with Crippen molar-refractivity contribution in [3.05, 3.63) is 11.3 Å². The molecule has 2 unspecified atom stereocenters. The van der Waals surface area contributed by atoms with Crippen LogP contribution in [0, 0.1) is 24.2 Å². The van der Waals surface area contributed by atoms with Crippen LogP contribution in [0.2, 0.25) is 0 Å². The number of likely N-dealkylation sites (N-methyl/N-ethyl adjacent to an activating group) is 1. The molecule has 1 fully saturated rings. The Morgan fingerprint density at radius 2 is 2.24 bits per heavy atom. The number of hydrogen-bond donors (Lipinski definition) is 1. The lowest BCUT2D eigenvalue weighted by Gasteiger charge is -2.45. The van der Waals surface area contributed by atoms with Gasteiger partial charge in [0, 0.05) is 19.1 Å². The minimum atomic E-state index is 0.169. The molecule has 1 N–H and O–H groups in total. The average Bonchev–Trinajstić information content (AvgIpc) is 2.69. The van der Waals surface area contributed by atoms with E-state index in [1.54, 1.807) is 4.68 Å². The molecule has 0 spiro atoms. The maximum Gasteiger partial charge on any atom is 0.142 e. The van der Waals surface area contributed by atoms with Gasteiger partial charge in [-0.3, -0.25) is 4.68 Å². The molecule has 0 saturated heterocycles. The van der Waals surface area contributed by atoms with Crippen molar-refractivity contribution < 1.29 is 0 Å². The molecule has 2 atom stereocenters. The molecule has 0 aliphatic heterocycles. The SMILES string of the molecule is Cc1nn(C)c(NCC2(N(C)C)CCCC(C)C2)c1C#N. The van der Waals surface area contributed by atoms with Crippen LogP contribution in [0.25, 0.3) is 0 Å². The van der Waals surface area contributed by atoms with E-state index in [1.807, 2.05) is 14.0 Å². The van der Waals surface area contributed by atoms with Crippen molar-refractivity contribution in [3.8, 4) is 6.07 Å². The summed E-state index contributed by atoms with van der Waals surface area (Å²) in [5, 5.41) is 17.2. The van der Waals surface area contributed by atoms with Crippen molar-refractivity contribution >= 4 is 5.82 Å². The van der Waals surface area contributed by atoms with Gasteiger partial charge in [0.1, 0.15) is 17.5 Å². The quantitative estimate of drug-likeness (QED) is 0.925. The first-order valence-electron chi connectivity index (χ1n) is 7.74. The molecule has 0 amide bonds. The molecule has 2 rings (SSSR count). The van der Waals surface area contributed by atoms with Gasteiger partial charge < -0.3 is 10.2 Å². The van der Waals surface area contributed by atoms with Gasteiger partial charge >= 0.3 is 0 Å². The normalized spacial score (nSPS) is 25.9. The summed E-state index contributed by atoms with van der Waals surface area (Å²) in [6, 6.07) is 2.26. The molecule has 116 valence electrons. The van der Waals surface area contributed by atoms with Gasteiger partial charge in [-0.25, -0.2) is 0 Å². The fraction of sp³-hybridized carbons (Fsp3) is 0.750. The molecule has 0 radical (unpaired) electrons. The summed E-state index contributed by atoms with van der Waals surface area (Å²) in [4.78, 5) is 2.35. The Morgan fingerprint density at radius 1 is 1.52 bits per heavy atom. The van der Waals surface area contributed by atoms with E-state index in [4.69, 9.17) is 0 Å². The van der Waals surface area contributed by atoms with Gasteiger partial charge in [0.15, 0.2) is 0 Å². The number of aromatic nitrogens is 2. The van der Waals surface area contributed by atoms with E-state index in [-0.39, 0.29) is 5.54 Å². The second-order valence-electron chi connectivity index (χ2n) is 6.72. The number of rotatable bonds is 4. The standard InChI is InChI=1S/C16H27N5/c1-12-7-6-8-16(9-12,20(3)4)11-18-15-14(10-17)13(2)19-21(15)5/h12,18H,6-9,11H2,1-5H3. The van der Waals surface area contributed by atoms with E-state index in [1.165, 1.54) is 25.7 Å². The number of nitrogens with one attached hydrogen (secondary N) is 1. The molecule has 21 heavy (non-hydrogen) atoms. The third-order valence-corrected chi connectivity index (χ3v) is 4.94. The Hall–Kier alpha value is -1.54. The van der Waals surface area contributed by atoms with E-state index in [0.29, 0.717) is 5.56 Å². The molecule has 0 bridgehead atoms. The Bertz CT molecular complexity index is 540. The molecule has 1 heterocycles. The van der Waals surface area contributed by atoms with Crippen LogP contribution in [0.5, 0.6) is 0 Å². The summed E-state index contributed by atoms with van der Waals surface area (Å²) in [7, 11) is 6.22. The first-order chi connectivity index (χ1) is 9.89. The highest BCUT2D eigenvalue weighted by Gasteiger charge is 2.37. The van der Waals surface area contributed by atoms with Gasteiger partial charge in [-0.15, -0.1) is 0 Å². The molecular formula is C16H27N5. The van der Waals surface area contributed by atoms with Gasteiger partial charge in [0.05, 0.1) is 5.69 Å². The Balaban J connectivity index is 2.19. The molecule has 0 aromatic carbocycles. The first kappa shape index (κ1) is 15.8. The highest BCUT2D eigenvalue weighted by molar-refractivity contribution is 5.55. The molecule has 1 saturated carbocycles. The zero-order valence-electron chi connectivity index (χ0n) is 13.9. The fourth-order valence-corrected chi connectivity index (χ4v) is 3.60. The van der Waals surface area contributed by atoms with E-state index in [2.05, 4.69) is 42.4 Å². The number of hydrogen-bond acceptors (Lipinski definition) is 4. The molecule has 1 aromatic heterocycles. The van der Waals surface area contributed by atoms with Crippen LogP contribution in [0.4, 0.5) is 5.82 Å². The smallest absolute Gasteiger partial charge is 0.142 e. The van der Waals surface area contributed by atoms with Crippen molar-refractivity contribution in [3.63, 3.8) is 0 Å². The van der Waals surface area contributed by atoms with Crippen LogP contribution >= 0.6 is 0 Å². The zero-order valence-corrected chi connectivity index (χ0v) is 13.9. The van der Waals surface area contributed by atoms with Crippen molar-refractivity contribution in [1.82, 2.24) is 14.7 Å². The lowest BCUT2D eigenvalue weighted by atomic mass is 9.75. The van der Waals surface area contributed by atoms with Crippen LogP contribution in [0.3, 0.4) is 0 Å². The first-order valence-corrected chi connectivity index (χ1v) is 7.74. The number of aryl methyl sites for hydroxylation is 2. The third-order valence-electron chi connectivity index (χ3n) is 4.94. The van der Waals surface area contributed by atoms with E-state index in [0.717, 1.165) is 24.0 Å². The number of anilines is 1. The Kier molecular flexibility index (Phi) is 4.58. The van der Waals surface area contributed by atoms with Crippen LogP contribution in [0.1, 0.15) is 43.9 Å². The Labute approximate surface area is 127 Å². The van der Waals surface area contributed by atoms with Crippen LogP contribution in [0.15, 0.2) is 0 Å². The minimum Gasteiger partial charge on any atom is -0.367 e. The Morgan fingerprint density at radius 3 is 2.81 bits per heavy atom. The molecule has 5 heteroatoms. The summed E-state index contributed by atoms with van der Waals surface area (Å²) in [5.74, 6) is 1.60. The zero-order chi connectivity index (χ0) is 15.6. The van der Waals surface area contributed by atoms with Crippen molar-refractivity contribution in [2.75, 3.05) is 26.0 Å². The van der Waals surface area contributed by atoms with Crippen molar-refractivity contribution in [2.24, 2.45) is 13.0 Å². The molecule has 1 aliphatic carbocycles. The van der Waals surface area contributed by atoms with Gasteiger partial charge in [0.25, 0.3) is 0 Å². The lowest BCUT2D eigenvalue weighted by molar-refractivity contribution is 0.0881. The van der Waals surface area contributed by atoms with Gasteiger partial charge in [0.2, 0.25) is 0 Å². The summed E-state index contributed by atoms with van der Waals surface area (Å²) < 4.78 is 1.78. The maximum atomic E-state index is 9.31. The van der Waals surface area contributed by atoms with E-state index >= 15 is 0 Å². The van der Waals surface area contributed by atoms with E-state index < -0.39 is 0 Å². The van der Waals surface area contributed by atoms with Crippen molar-refractivity contribution in [2.45, 2.75) is 45.1 Å². The van der Waals surface area contributed by atoms with Gasteiger partial charge in [-0.05, 0) is 39.8 Å². The van der Waals surface area contributed by atoms with Crippen LogP contribution < -0.4 is 5.32 Å². The highest BCUT2D eigenvalue weighted by atomic mass is 15.3. The van der Waals surface area contributed by atoms with Crippen LogP contribution in [-0.4, -0.2) is 40.9 Å². The minimum absolute atomic E-state index is 0.169. The number of nitrogens with zero attached hydrogens (tertiary/aromatic N) is 4. The van der Waals surface area contributed by atoms with Crippen LogP contribution in [-0.2, 0) is 7.05 Å². The maximum absolute atomic E-state index is 9.31. The van der Waals surface area contributed by atoms with E-state index in [9.17, 15) is 5.26 Å². The second-order valence-corrected chi connectivity index (χ2v) is 6.72. The molecular weight excluding hydrogens is 262 g/mol. The molecule has 1 aliphatic rings. The molecule has 1 aromatic rings. The largest absolute Gasteiger partial charge is 0.367 e. The summed E-state index contributed by atoms with van der Waals surface area (Å²) in [6.07, 6.45) is 5.00. The van der Waals surface area contributed by atoms with Gasteiger partial charge in [-0.2, -0.15) is 10.4 Å². The summed E-state index contributed by atoms with van der Waals surface area (Å²) in [6.45, 7) is 5.08. The lowest BCUT2D eigenvalue weighted by Crippen LogP contribution is -2.52. The summed E-state index contributed by atoms with van der Waals surface area (Å²) in [5.41, 5.74) is 1.62. The topological polar surface area (TPSA) is 56.9 Å². The van der Waals surface area contributed by atoms with Crippen molar-refractivity contribution in [1.29, 1.82) is 5.26 Å². The summed E-state index contributed by atoms with van der Waals surface area (Å²) >= 11 is 0. The van der Waals surface area contributed by atoms with Gasteiger partial charge in [-0.1, -0.05) is 19.8 Å². The molecule has 5 nitrogen and oxygen atoms in total. The second kappa shape index (κ2) is 6.07. The number of nitriles is 1. The fourth-order valence-electron chi connectivity index (χ4n) is 3.60. The third kappa shape index (κ3) is 3.06.